The number of aliphatic hydroxyl groups is 1. The summed E-state index contributed by atoms with van der Waals surface area (Å²) >= 11 is 0. The van der Waals surface area contributed by atoms with Gasteiger partial charge in [0.1, 0.15) is 12.3 Å². The summed E-state index contributed by atoms with van der Waals surface area (Å²) in [7, 11) is 0. The lowest BCUT2D eigenvalue weighted by molar-refractivity contribution is -0.172. The number of hydrogen-bond donors (Lipinski definition) is 1. The van der Waals surface area contributed by atoms with Gasteiger partial charge in [-0.05, 0) is 26.3 Å². The van der Waals surface area contributed by atoms with E-state index in [2.05, 4.69) is 0 Å². The van der Waals surface area contributed by atoms with Crippen molar-refractivity contribution in [1.82, 2.24) is 0 Å². The molecular formula is C13H19FO2. The van der Waals surface area contributed by atoms with Crippen LogP contribution >= 0.6 is 0 Å². The third-order valence-electron chi connectivity index (χ3n) is 2.95. The summed E-state index contributed by atoms with van der Waals surface area (Å²) in [5.74, 6) is 0. The van der Waals surface area contributed by atoms with Crippen LogP contribution in [0.25, 0.3) is 0 Å². The lowest BCUT2D eigenvalue weighted by atomic mass is 9.88. The lowest BCUT2D eigenvalue weighted by Crippen LogP contribution is -2.51. The summed E-state index contributed by atoms with van der Waals surface area (Å²) in [6, 6.07) is 9.52. The quantitative estimate of drug-likeness (QED) is 0.836. The Morgan fingerprint density at radius 3 is 2.19 bits per heavy atom. The first-order chi connectivity index (χ1) is 7.39. The number of alkyl halides is 1. The van der Waals surface area contributed by atoms with Gasteiger partial charge in [-0.1, -0.05) is 30.3 Å². The van der Waals surface area contributed by atoms with E-state index in [1.165, 1.54) is 0 Å². The molecule has 90 valence electrons. The van der Waals surface area contributed by atoms with E-state index in [0.717, 1.165) is 5.56 Å². The van der Waals surface area contributed by atoms with E-state index in [1.54, 1.807) is 20.8 Å². The fourth-order valence-corrected chi connectivity index (χ4v) is 1.20. The first-order valence-corrected chi connectivity index (χ1v) is 5.35. The SMILES string of the molecule is CC(C)(O)C(C)(CF)OCc1ccccc1. The Hall–Kier alpha value is -0.930. The Morgan fingerprint density at radius 1 is 1.19 bits per heavy atom. The van der Waals surface area contributed by atoms with Crippen molar-refractivity contribution in [2.75, 3.05) is 6.67 Å². The summed E-state index contributed by atoms with van der Waals surface area (Å²) in [6.07, 6.45) is 0. The van der Waals surface area contributed by atoms with Crippen LogP contribution in [-0.2, 0) is 11.3 Å². The number of halogens is 1. The first-order valence-electron chi connectivity index (χ1n) is 5.35. The van der Waals surface area contributed by atoms with Gasteiger partial charge < -0.3 is 9.84 Å². The van der Waals surface area contributed by atoms with Gasteiger partial charge in [-0.3, -0.25) is 0 Å². The summed E-state index contributed by atoms with van der Waals surface area (Å²) in [5.41, 5.74) is -1.43. The molecule has 1 atom stereocenters. The number of ether oxygens (including phenoxy) is 1. The molecule has 1 aromatic rings. The number of rotatable bonds is 5. The van der Waals surface area contributed by atoms with Gasteiger partial charge in [0.05, 0.1) is 12.2 Å². The first kappa shape index (κ1) is 13.1. The Labute approximate surface area is 96.1 Å². The van der Waals surface area contributed by atoms with Crippen molar-refractivity contribution < 1.29 is 14.2 Å². The molecule has 0 aromatic heterocycles. The second-order valence-corrected chi connectivity index (χ2v) is 4.70. The molecule has 0 aliphatic carbocycles. The summed E-state index contributed by atoms with van der Waals surface area (Å²) in [6.45, 7) is 4.26. The highest BCUT2D eigenvalue weighted by atomic mass is 19.1. The van der Waals surface area contributed by atoms with Gasteiger partial charge in [0, 0.05) is 0 Å². The Bertz CT molecular complexity index is 318. The molecule has 0 saturated heterocycles. The monoisotopic (exact) mass is 226 g/mol. The van der Waals surface area contributed by atoms with Crippen LogP contribution in [0.1, 0.15) is 26.3 Å². The Kier molecular flexibility index (Phi) is 4.05. The molecule has 0 heterocycles. The molecule has 0 bridgehead atoms. The summed E-state index contributed by atoms with van der Waals surface area (Å²) in [5, 5.41) is 9.85. The molecule has 1 aromatic carbocycles. The summed E-state index contributed by atoms with van der Waals surface area (Å²) < 4.78 is 18.5. The van der Waals surface area contributed by atoms with Gasteiger partial charge >= 0.3 is 0 Å². The molecule has 16 heavy (non-hydrogen) atoms. The van der Waals surface area contributed by atoms with Crippen LogP contribution in [0, 0.1) is 0 Å². The lowest BCUT2D eigenvalue weighted by Gasteiger charge is -2.38. The van der Waals surface area contributed by atoms with Gasteiger partial charge in [-0.25, -0.2) is 4.39 Å². The standard InChI is InChI=1S/C13H19FO2/c1-12(2,15)13(3,10-14)16-9-11-7-5-4-6-8-11/h4-8,15H,9-10H2,1-3H3. The van der Waals surface area contributed by atoms with Crippen LogP contribution in [0.3, 0.4) is 0 Å². The van der Waals surface area contributed by atoms with E-state index in [1.807, 2.05) is 30.3 Å². The second kappa shape index (κ2) is 4.93. The maximum atomic E-state index is 13.0. The van der Waals surface area contributed by atoms with E-state index in [0.29, 0.717) is 6.61 Å². The van der Waals surface area contributed by atoms with Crippen molar-refractivity contribution in [3.8, 4) is 0 Å². The molecule has 1 N–H and O–H groups in total. The zero-order valence-corrected chi connectivity index (χ0v) is 10.0. The predicted octanol–water partition coefficient (Wildman–Crippen LogP) is 2.70. The minimum Gasteiger partial charge on any atom is -0.387 e. The third-order valence-corrected chi connectivity index (χ3v) is 2.95. The van der Waals surface area contributed by atoms with Crippen molar-refractivity contribution in [3.05, 3.63) is 35.9 Å². The highest BCUT2D eigenvalue weighted by Crippen LogP contribution is 2.27. The highest BCUT2D eigenvalue weighted by Gasteiger charge is 2.41. The van der Waals surface area contributed by atoms with Crippen LogP contribution in [0.5, 0.6) is 0 Å². The normalized spacial score (nSPS) is 15.8. The van der Waals surface area contributed by atoms with E-state index in [4.69, 9.17) is 4.74 Å². The van der Waals surface area contributed by atoms with Crippen LogP contribution in [-0.4, -0.2) is 23.0 Å². The van der Waals surface area contributed by atoms with Crippen molar-refractivity contribution >= 4 is 0 Å². The molecule has 0 aliphatic heterocycles. The Morgan fingerprint density at radius 2 is 1.75 bits per heavy atom. The molecule has 0 amide bonds. The van der Waals surface area contributed by atoms with E-state index in [-0.39, 0.29) is 0 Å². The third kappa shape index (κ3) is 3.03. The van der Waals surface area contributed by atoms with Gasteiger partial charge in [-0.2, -0.15) is 0 Å². The fourth-order valence-electron chi connectivity index (χ4n) is 1.20. The average molecular weight is 226 g/mol. The topological polar surface area (TPSA) is 29.5 Å². The molecule has 2 nitrogen and oxygen atoms in total. The minimum atomic E-state index is -1.21. The average Bonchev–Trinajstić information content (AvgIpc) is 2.26. The zero-order chi connectivity index (χ0) is 12.2. The molecule has 0 radical (unpaired) electrons. The van der Waals surface area contributed by atoms with Crippen molar-refractivity contribution in [2.45, 2.75) is 38.6 Å². The smallest absolute Gasteiger partial charge is 0.122 e. The molecule has 3 heteroatoms. The van der Waals surface area contributed by atoms with Crippen LogP contribution < -0.4 is 0 Å². The Balaban J connectivity index is 2.66. The van der Waals surface area contributed by atoms with Crippen molar-refractivity contribution in [2.24, 2.45) is 0 Å². The van der Waals surface area contributed by atoms with Crippen molar-refractivity contribution in [1.29, 1.82) is 0 Å². The zero-order valence-electron chi connectivity index (χ0n) is 10.0. The van der Waals surface area contributed by atoms with Crippen LogP contribution in [0.4, 0.5) is 4.39 Å². The highest BCUT2D eigenvalue weighted by molar-refractivity contribution is 5.13. The molecule has 1 unspecified atom stereocenters. The molecule has 0 aliphatic rings. The second-order valence-electron chi connectivity index (χ2n) is 4.70. The summed E-state index contributed by atoms with van der Waals surface area (Å²) in [4.78, 5) is 0. The van der Waals surface area contributed by atoms with E-state index >= 15 is 0 Å². The van der Waals surface area contributed by atoms with Gasteiger partial charge in [0.2, 0.25) is 0 Å². The van der Waals surface area contributed by atoms with Crippen molar-refractivity contribution in [3.63, 3.8) is 0 Å². The molecule has 1 rings (SSSR count). The van der Waals surface area contributed by atoms with Gasteiger partial charge in [0.15, 0.2) is 0 Å². The molecule has 0 saturated carbocycles. The molecular weight excluding hydrogens is 207 g/mol. The number of benzene rings is 1. The molecule has 0 spiro atoms. The fraction of sp³-hybridized carbons (Fsp3) is 0.538. The van der Waals surface area contributed by atoms with Crippen LogP contribution in [0.2, 0.25) is 0 Å². The van der Waals surface area contributed by atoms with E-state index < -0.39 is 17.9 Å². The largest absolute Gasteiger partial charge is 0.387 e. The van der Waals surface area contributed by atoms with Gasteiger partial charge in [0.25, 0.3) is 0 Å². The van der Waals surface area contributed by atoms with Crippen LogP contribution in [0.15, 0.2) is 30.3 Å². The van der Waals surface area contributed by atoms with Gasteiger partial charge in [-0.15, -0.1) is 0 Å². The predicted molar refractivity (Wildman–Crippen MR) is 61.9 cm³/mol. The molecule has 0 fully saturated rings. The number of hydrogen-bond acceptors (Lipinski definition) is 2. The maximum Gasteiger partial charge on any atom is 0.122 e. The minimum absolute atomic E-state index is 0.297. The maximum absolute atomic E-state index is 13.0. The van der Waals surface area contributed by atoms with E-state index in [9.17, 15) is 9.50 Å².